The Morgan fingerprint density at radius 3 is 2.81 bits per heavy atom. The van der Waals surface area contributed by atoms with E-state index in [2.05, 4.69) is 21.0 Å². The Balaban J connectivity index is 2.34. The van der Waals surface area contributed by atoms with Crippen LogP contribution in [0.1, 0.15) is 5.56 Å². The van der Waals surface area contributed by atoms with E-state index in [0.717, 1.165) is 0 Å². The average Bonchev–Trinajstić information content (AvgIpc) is 2.54. The minimum atomic E-state index is -0.355. The number of benzene rings is 1. The van der Waals surface area contributed by atoms with E-state index in [1.807, 2.05) is 0 Å². The first-order valence-corrected chi connectivity index (χ1v) is 5.39. The summed E-state index contributed by atoms with van der Waals surface area (Å²) in [6, 6.07) is 4.72. The molecular formula is C10H9BrFN3O. The molecule has 2 aromatic rings. The van der Waals surface area contributed by atoms with Gasteiger partial charge in [-0.2, -0.15) is 5.10 Å². The topological polar surface area (TPSA) is 39.8 Å². The van der Waals surface area contributed by atoms with Crippen LogP contribution < -0.4 is 5.69 Å². The van der Waals surface area contributed by atoms with Gasteiger partial charge in [-0.25, -0.2) is 13.9 Å². The molecule has 0 saturated heterocycles. The van der Waals surface area contributed by atoms with Gasteiger partial charge < -0.3 is 0 Å². The molecule has 0 fully saturated rings. The Labute approximate surface area is 99.4 Å². The predicted molar refractivity (Wildman–Crippen MR) is 60.7 cm³/mol. The Kier molecular flexibility index (Phi) is 2.91. The molecule has 0 spiro atoms. The number of hydrogen-bond donors (Lipinski definition) is 0. The van der Waals surface area contributed by atoms with E-state index >= 15 is 0 Å². The first kappa shape index (κ1) is 11.1. The minimum absolute atomic E-state index is 0.138. The van der Waals surface area contributed by atoms with E-state index in [4.69, 9.17) is 0 Å². The third kappa shape index (κ3) is 2.06. The molecule has 0 atom stereocenters. The molecule has 1 aromatic carbocycles. The van der Waals surface area contributed by atoms with Crippen molar-refractivity contribution in [3.8, 4) is 0 Å². The van der Waals surface area contributed by atoms with Crippen molar-refractivity contribution in [1.29, 1.82) is 0 Å². The number of hydrogen-bond acceptors (Lipinski definition) is 2. The number of nitrogens with zero attached hydrogens (tertiary/aromatic N) is 3. The summed E-state index contributed by atoms with van der Waals surface area (Å²) >= 11 is 3.17. The monoisotopic (exact) mass is 285 g/mol. The van der Waals surface area contributed by atoms with Crippen LogP contribution in [-0.2, 0) is 13.6 Å². The maximum absolute atomic E-state index is 13.5. The molecule has 1 heterocycles. The summed E-state index contributed by atoms with van der Waals surface area (Å²) < 4.78 is 16.7. The molecule has 4 nitrogen and oxygen atoms in total. The maximum atomic E-state index is 13.5. The smallest absolute Gasteiger partial charge is 0.285 e. The predicted octanol–water partition coefficient (Wildman–Crippen LogP) is 1.53. The van der Waals surface area contributed by atoms with Crippen LogP contribution in [0.4, 0.5) is 4.39 Å². The van der Waals surface area contributed by atoms with Crippen LogP contribution in [0.5, 0.6) is 0 Å². The number of rotatable bonds is 2. The molecule has 0 aliphatic heterocycles. The van der Waals surface area contributed by atoms with Crippen molar-refractivity contribution in [3.05, 3.63) is 50.9 Å². The standard InChI is InChI=1S/C10H9BrFN3O/c1-14-6-13-15(10(14)16)5-7-2-3-8(11)4-9(7)12/h2-4,6H,5H2,1H3. The summed E-state index contributed by atoms with van der Waals surface area (Å²) in [6.45, 7) is 0.138. The molecule has 0 aliphatic rings. The fraction of sp³-hybridized carbons (Fsp3) is 0.200. The molecule has 0 unspecified atom stereocenters. The molecule has 6 heteroatoms. The van der Waals surface area contributed by atoms with Gasteiger partial charge in [-0.05, 0) is 12.1 Å². The number of halogens is 2. The van der Waals surface area contributed by atoms with Crippen molar-refractivity contribution < 1.29 is 4.39 Å². The summed E-state index contributed by atoms with van der Waals surface area (Å²) in [4.78, 5) is 11.5. The van der Waals surface area contributed by atoms with Crippen LogP contribution in [-0.4, -0.2) is 14.3 Å². The number of aryl methyl sites for hydroxylation is 1. The van der Waals surface area contributed by atoms with Crippen LogP contribution in [0, 0.1) is 5.82 Å². The fourth-order valence-corrected chi connectivity index (χ4v) is 1.67. The Hall–Kier alpha value is -1.43. The lowest BCUT2D eigenvalue weighted by Crippen LogP contribution is -2.23. The SMILES string of the molecule is Cn1cnn(Cc2ccc(Br)cc2F)c1=O. The van der Waals surface area contributed by atoms with Crippen LogP contribution in [0.25, 0.3) is 0 Å². The van der Waals surface area contributed by atoms with Crippen molar-refractivity contribution >= 4 is 15.9 Å². The highest BCUT2D eigenvalue weighted by Gasteiger charge is 2.07. The summed E-state index contributed by atoms with van der Waals surface area (Å²) in [6.07, 6.45) is 1.40. The van der Waals surface area contributed by atoms with E-state index in [9.17, 15) is 9.18 Å². The van der Waals surface area contributed by atoms with Crippen LogP contribution in [0.15, 0.2) is 33.8 Å². The maximum Gasteiger partial charge on any atom is 0.345 e. The van der Waals surface area contributed by atoms with Crippen molar-refractivity contribution in [1.82, 2.24) is 14.3 Å². The third-order valence-electron chi connectivity index (χ3n) is 2.22. The van der Waals surface area contributed by atoms with E-state index in [1.54, 1.807) is 19.2 Å². The quantitative estimate of drug-likeness (QED) is 0.840. The molecule has 0 bridgehead atoms. The minimum Gasteiger partial charge on any atom is -0.285 e. The van der Waals surface area contributed by atoms with E-state index in [0.29, 0.717) is 10.0 Å². The zero-order chi connectivity index (χ0) is 11.7. The molecule has 0 N–H and O–H groups in total. The molecule has 1 aromatic heterocycles. The first-order valence-electron chi connectivity index (χ1n) is 4.60. The van der Waals surface area contributed by atoms with Gasteiger partial charge in [-0.15, -0.1) is 0 Å². The normalized spacial score (nSPS) is 10.7. The lowest BCUT2D eigenvalue weighted by atomic mass is 10.2. The van der Waals surface area contributed by atoms with Gasteiger partial charge in [0.1, 0.15) is 12.1 Å². The Bertz CT molecular complexity index is 576. The fourth-order valence-electron chi connectivity index (χ4n) is 1.34. The molecule has 0 radical (unpaired) electrons. The van der Waals surface area contributed by atoms with E-state index < -0.39 is 0 Å². The van der Waals surface area contributed by atoms with Gasteiger partial charge in [0.25, 0.3) is 0 Å². The molecule has 84 valence electrons. The zero-order valence-corrected chi connectivity index (χ0v) is 10.1. The van der Waals surface area contributed by atoms with E-state index in [-0.39, 0.29) is 18.1 Å². The van der Waals surface area contributed by atoms with Gasteiger partial charge in [-0.3, -0.25) is 4.57 Å². The summed E-state index contributed by atoms with van der Waals surface area (Å²) in [5.74, 6) is -0.355. The lowest BCUT2D eigenvalue weighted by molar-refractivity contribution is 0.574. The summed E-state index contributed by atoms with van der Waals surface area (Å²) in [5.41, 5.74) is 0.173. The van der Waals surface area contributed by atoms with Gasteiger partial charge in [0.15, 0.2) is 0 Å². The second kappa shape index (κ2) is 4.21. The summed E-state index contributed by atoms with van der Waals surface area (Å²) in [7, 11) is 1.60. The third-order valence-corrected chi connectivity index (χ3v) is 2.72. The van der Waals surface area contributed by atoms with Gasteiger partial charge >= 0.3 is 5.69 Å². The average molecular weight is 286 g/mol. The highest BCUT2D eigenvalue weighted by molar-refractivity contribution is 9.10. The van der Waals surface area contributed by atoms with E-state index in [1.165, 1.54) is 21.6 Å². The Morgan fingerprint density at radius 2 is 2.25 bits per heavy atom. The van der Waals surface area contributed by atoms with Gasteiger partial charge in [0, 0.05) is 17.1 Å². The van der Waals surface area contributed by atoms with Gasteiger partial charge in [0.2, 0.25) is 0 Å². The highest BCUT2D eigenvalue weighted by Crippen LogP contribution is 2.15. The van der Waals surface area contributed by atoms with Crippen molar-refractivity contribution in [2.24, 2.45) is 7.05 Å². The largest absolute Gasteiger partial charge is 0.345 e. The summed E-state index contributed by atoms with van der Waals surface area (Å²) in [5, 5.41) is 3.86. The molecule has 0 amide bonds. The van der Waals surface area contributed by atoms with Gasteiger partial charge in [-0.1, -0.05) is 22.0 Å². The second-order valence-electron chi connectivity index (χ2n) is 3.42. The lowest BCUT2D eigenvalue weighted by Gasteiger charge is -2.02. The second-order valence-corrected chi connectivity index (χ2v) is 4.33. The van der Waals surface area contributed by atoms with Crippen LogP contribution in [0.3, 0.4) is 0 Å². The molecule has 0 aliphatic carbocycles. The molecular weight excluding hydrogens is 277 g/mol. The van der Waals surface area contributed by atoms with Gasteiger partial charge in [0.05, 0.1) is 6.54 Å². The Morgan fingerprint density at radius 1 is 1.50 bits per heavy atom. The first-order chi connectivity index (χ1) is 7.58. The highest BCUT2D eigenvalue weighted by atomic mass is 79.9. The molecule has 16 heavy (non-hydrogen) atoms. The van der Waals surface area contributed by atoms with Crippen LogP contribution >= 0.6 is 15.9 Å². The molecule has 0 saturated carbocycles. The van der Waals surface area contributed by atoms with Crippen LogP contribution in [0.2, 0.25) is 0 Å². The zero-order valence-electron chi connectivity index (χ0n) is 8.52. The molecule has 2 rings (SSSR count). The van der Waals surface area contributed by atoms with Crippen molar-refractivity contribution in [2.75, 3.05) is 0 Å². The van der Waals surface area contributed by atoms with Crippen molar-refractivity contribution in [2.45, 2.75) is 6.54 Å². The van der Waals surface area contributed by atoms with Crippen molar-refractivity contribution in [3.63, 3.8) is 0 Å². The number of aromatic nitrogens is 3.